The summed E-state index contributed by atoms with van der Waals surface area (Å²) >= 11 is 0. The van der Waals surface area contributed by atoms with Gasteiger partial charge in [-0.05, 0) is 24.6 Å². The molecule has 0 bridgehead atoms. The summed E-state index contributed by atoms with van der Waals surface area (Å²) in [5, 5.41) is 0. The summed E-state index contributed by atoms with van der Waals surface area (Å²) in [6.45, 7) is 5.13. The van der Waals surface area contributed by atoms with E-state index >= 15 is 0 Å². The van der Waals surface area contributed by atoms with Crippen molar-refractivity contribution < 1.29 is 8.78 Å². The van der Waals surface area contributed by atoms with E-state index in [1.54, 1.807) is 6.92 Å². The average Bonchev–Trinajstić information content (AvgIpc) is 2.02. The summed E-state index contributed by atoms with van der Waals surface area (Å²) in [5.74, 6) is -1.26. The molecule has 0 saturated carbocycles. The van der Waals surface area contributed by atoms with Gasteiger partial charge in [0.05, 0.1) is 5.54 Å². The molecule has 0 radical (unpaired) electrons. The Morgan fingerprint density at radius 3 is 2.15 bits per heavy atom. The van der Waals surface area contributed by atoms with E-state index in [2.05, 4.69) is 6.58 Å². The van der Waals surface area contributed by atoms with Crippen LogP contribution in [0.4, 0.5) is 8.78 Å². The van der Waals surface area contributed by atoms with Crippen LogP contribution in [-0.4, -0.2) is 0 Å². The summed E-state index contributed by atoms with van der Waals surface area (Å²) in [7, 11) is 0. The first kappa shape index (κ1) is 9.86. The van der Waals surface area contributed by atoms with Crippen molar-refractivity contribution in [2.45, 2.75) is 12.5 Å². The lowest BCUT2D eigenvalue weighted by atomic mass is 9.93. The molecule has 1 rings (SSSR count). The van der Waals surface area contributed by atoms with Gasteiger partial charge in [0.25, 0.3) is 0 Å². The van der Waals surface area contributed by atoms with Gasteiger partial charge in [-0.25, -0.2) is 8.78 Å². The molecule has 3 heteroatoms. The molecular weight excluding hydrogens is 172 g/mol. The molecule has 1 aromatic carbocycles. The first-order valence-electron chi connectivity index (χ1n) is 3.85. The molecule has 0 unspecified atom stereocenters. The third-order valence-corrected chi connectivity index (χ3v) is 1.91. The molecule has 70 valence electrons. The van der Waals surface area contributed by atoms with Gasteiger partial charge in [-0.2, -0.15) is 0 Å². The minimum atomic E-state index is -0.900. The van der Waals surface area contributed by atoms with E-state index in [-0.39, 0.29) is 0 Å². The number of hydrogen-bond acceptors (Lipinski definition) is 1. The van der Waals surface area contributed by atoms with Crippen molar-refractivity contribution in [2.24, 2.45) is 5.73 Å². The number of rotatable bonds is 2. The maximum absolute atomic E-state index is 12.8. The normalized spacial score (nSPS) is 15.1. The Morgan fingerprint density at radius 1 is 1.31 bits per heavy atom. The minimum Gasteiger partial charge on any atom is -0.318 e. The Bertz CT molecular complexity index is 311. The lowest BCUT2D eigenvalue weighted by Gasteiger charge is -2.20. The fourth-order valence-corrected chi connectivity index (χ4v) is 0.983. The fraction of sp³-hybridized carbons (Fsp3) is 0.200. The van der Waals surface area contributed by atoms with Crippen molar-refractivity contribution in [2.75, 3.05) is 0 Å². The molecule has 0 amide bonds. The molecule has 0 aliphatic heterocycles. The van der Waals surface area contributed by atoms with Gasteiger partial charge in [0, 0.05) is 6.07 Å². The Morgan fingerprint density at radius 2 is 1.77 bits per heavy atom. The predicted molar refractivity (Wildman–Crippen MR) is 48.1 cm³/mol. The Labute approximate surface area is 75.9 Å². The first-order chi connectivity index (χ1) is 5.95. The largest absolute Gasteiger partial charge is 0.318 e. The van der Waals surface area contributed by atoms with Crippen molar-refractivity contribution >= 4 is 0 Å². The molecule has 0 aliphatic rings. The maximum atomic E-state index is 12.8. The monoisotopic (exact) mass is 183 g/mol. The molecule has 1 atom stereocenters. The molecule has 13 heavy (non-hydrogen) atoms. The van der Waals surface area contributed by atoms with Crippen LogP contribution >= 0.6 is 0 Å². The zero-order chi connectivity index (χ0) is 10.1. The number of hydrogen-bond donors (Lipinski definition) is 1. The fourth-order valence-electron chi connectivity index (χ4n) is 0.983. The summed E-state index contributed by atoms with van der Waals surface area (Å²) in [5.41, 5.74) is 5.20. The van der Waals surface area contributed by atoms with Crippen molar-refractivity contribution in [3.05, 3.63) is 48.1 Å². The van der Waals surface area contributed by atoms with Crippen LogP contribution in [0, 0.1) is 11.6 Å². The van der Waals surface area contributed by atoms with E-state index < -0.39 is 17.2 Å². The standard InChI is InChI=1S/C10H11F2N/c1-3-10(2,13)7-4-8(11)6-9(12)5-7/h3-6H,1,13H2,2H3/t10-/m0/s1. The topological polar surface area (TPSA) is 26.0 Å². The number of benzene rings is 1. The van der Waals surface area contributed by atoms with Crippen LogP contribution in [0.5, 0.6) is 0 Å². The molecule has 1 aromatic rings. The van der Waals surface area contributed by atoms with Gasteiger partial charge >= 0.3 is 0 Å². The van der Waals surface area contributed by atoms with E-state index in [1.165, 1.54) is 18.2 Å². The van der Waals surface area contributed by atoms with Crippen LogP contribution < -0.4 is 5.73 Å². The third kappa shape index (κ3) is 2.12. The van der Waals surface area contributed by atoms with Gasteiger partial charge in [-0.15, -0.1) is 6.58 Å². The Kier molecular flexibility index (Phi) is 2.48. The molecule has 0 saturated heterocycles. The van der Waals surface area contributed by atoms with Crippen LogP contribution in [0.1, 0.15) is 12.5 Å². The highest BCUT2D eigenvalue weighted by atomic mass is 19.1. The second-order valence-electron chi connectivity index (χ2n) is 3.14. The first-order valence-corrected chi connectivity index (χ1v) is 3.85. The van der Waals surface area contributed by atoms with Gasteiger partial charge in [-0.3, -0.25) is 0 Å². The Balaban J connectivity index is 3.22. The van der Waals surface area contributed by atoms with E-state index in [4.69, 9.17) is 5.73 Å². The minimum absolute atomic E-state index is 0.375. The molecule has 1 nitrogen and oxygen atoms in total. The van der Waals surface area contributed by atoms with Crippen LogP contribution in [0.25, 0.3) is 0 Å². The van der Waals surface area contributed by atoms with E-state index in [0.29, 0.717) is 5.56 Å². The zero-order valence-electron chi connectivity index (χ0n) is 7.35. The van der Waals surface area contributed by atoms with Gasteiger partial charge in [0.2, 0.25) is 0 Å². The molecular formula is C10H11F2N. The summed E-state index contributed by atoms with van der Waals surface area (Å²) in [6, 6.07) is 3.21. The molecule has 0 heterocycles. The number of nitrogens with two attached hydrogens (primary N) is 1. The second kappa shape index (κ2) is 3.26. The van der Waals surface area contributed by atoms with Crippen LogP contribution in [0.2, 0.25) is 0 Å². The van der Waals surface area contributed by atoms with E-state index in [9.17, 15) is 8.78 Å². The van der Waals surface area contributed by atoms with E-state index in [1.807, 2.05) is 0 Å². The van der Waals surface area contributed by atoms with Crippen LogP contribution in [0.3, 0.4) is 0 Å². The molecule has 0 spiro atoms. The van der Waals surface area contributed by atoms with Gasteiger partial charge in [-0.1, -0.05) is 6.08 Å². The van der Waals surface area contributed by atoms with E-state index in [0.717, 1.165) is 6.07 Å². The SMILES string of the molecule is C=C[C@](C)(N)c1cc(F)cc(F)c1. The summed E-state index contributed by atoms with van der Waals surface area (Å²) in [4.78, 5) is 0. The van der Waals surface area contributed by atoms with Crippen molar-refractivity contribution in [1.82, 2.24) is 0 Å². The smallest absolute Gasteiger partial charge is 0.126 e. The maximum Gasteiger partial charge on any atom is 0.126 e. The highest BCUT2D eigenvalue weighted by molar-refractivity contribution is 5.28. The second-order valence-corrected chi connectivity index (χ2v) is 3.14. The van der Waals surface area contributed by atoms with Gasteiger partial charge < -0.3 is 5.73 Å². The summed E-state index contributed by atoms with van der Waals surface area (Å²) < 4.78 is 25.5. The Hall–Kier alpha value is -1.22. The highest BCUT2D eigenvalue weighted by Gasteiger charge is 2.18. The molecule has 0 fully saturated rings. The lowest BCUT2D eigenvalue weighted by Crippen LogP contribution is -2.30. The average molecular weight is 183 g/mol. The van der Waals surface area contributed by atoms with Gasteiger partial charge in [0.1, 0.15) is 11.6 Å². The quantitative estimate of drug-likeness (QED) is 0.699. The van der Waals surface area contributed by atoms with Crippen molar-refractivity contribution in [3.8, 4) is 0 Å². The highest BCUT2D eigenvalue weighted by Crippen LogP contribution is 2.20. The molecule has 0 aromatic heterocycles. The van der Waals surface area contributed by atoms with Crippen molar-refractivity contribution in [1.29, 1.82) is 0 Å². The zero-order valence-corrected chi connectivity index (χ0v) is 7.35. The molecule has 2 N–H and O–H groups in total. The predicted octanol–water partition coefficient (Wildman–Crippen LogP) is 2.32. The van der Waals surface area contributed by atoms with Gasteiger partial charge in [0.15, 0.2) is 0 Å². The van der Waals surface area contributed by atoms with Crippen LogP contribution in [-0.2, 0) is 5.54 Å². The van der Waals surface area contributed by atoms with Crippen LogP contribution in [0.15, 0.2) is 30.9 Å². The molecule has 0 aliphatic carbocycles. The number of halogens is 2. The summed E-state index contributed by atoms with van der Waals surface area (Å²) in [6.07, 6.45) is 1.45. The lowest BCUT2D eigenvalue weighted by molar-refractivity contribution is 0.558. The van der Waals surface area contributed by atoms with Crippen molar-refractivity contribution in [3.63, 3.8) is 0 Å². The third-order valence-electron chi connectivity index (χ3n) is 1.91.